The zero-order valence-electron chi connectivity index (χ0n) is 29.6. The summed E-state index contributed by atoms with van der Waals surface area (Å²) in [6.45, 7) is 0. The van der Waals surface area contributed by atoms with Crippen LogP contribution in [0, 0.1) is 0 Å². The molecule has 0 bridgehead atoms. The van der Waals surface area contributed by atoms with E-state index >= 15 is 0 Å². The first-order chi connectivity index (χ1) is 24.6. The molecule has 0 spiro atoms. The fraction of sp³-hybridized carbons (Fsp3) is 0.381. The van der Waals surface area contributed by atoms with Crippen molar-refractivity contribution in [2.75, 3.05) is 48.0 Å². The van der Waals surface area contributed by atoms with Crippen molar-refractivity contribution < 1.29 is 18.9 Å². The first-order valence-corrected chi connectivity index (χ1v) is 18.1. The lowest BCUT2D eigenvalue weighted by Gasteiger charge is -2.36. The van der Waals surface area contributed by atoms with Crippen molar-refractivity contribution >= 4 is 22.7 Å². The smallest absolute Gasteiger partial charge is 0.156 e. The molecule has 0 N–H and O–H groups in total. The van der Waals surface area contributed by atoms with Crippen molar-refractivity contribution in [2.45, 2.75) is 75.5 Å². The van der Waals surface area contributed by atoms with E-state index < -0.39 is 0 Å². The van der Waals surface area contributed by atoms with Crippen LogP contribution >= 0.6 is 0 Å². The summed E-state index contributed by atoms with van der Waals surface area (Å²) in [5.41, 5.74) is 4.72. The first kappa shape index (κ1) is 32.2. The van der Waals surface area contributed by atoms with E-state index in [1.165, 1.54) is 60.1 Å². The van der Waals surface area contributed by atoms with Crippen LogP contribution in [0.25, 0.3) is 0 Å². The zero-order chi connectivity index (χ0) is 34.2. The van der Waals surface area contributed by atoms with Gasteiger partial charge in [0.25, 0.3) is 0 Å². The van der Waals surface area contributed by atoms with Crippen LogP contribution in [0.3, 0.4) is 0 Å². The number of methoxy groups -OCH3 is 4. The summed E-state index contributed by atoms with van der Waals surface area (Å²) in [6.07, 6.45) is 9.34. The SMILES string of the molecule is COc1ccc(N2C(=C3N(c4ccc(OC)cc4)C4CCCCC4N3c3ccc(OC)cc3)N(c3ccc(OC)cc3)C3CCCCC32)cc1. The van der Waals surface area contributed by atoms with Gasteiger partial charge in [0, 0.05) is 22.7 Å². The third-order valence-corrected chi connectivity index (χ3v) is 11.2. The number of fused-ring (bicyclic) bond motifs is 2. The molecule has 8 nitrogen and oxygen atoms in total. The summed E-state index contributed by atoms with van der Waals surface area (Å²) in [6, 6.07) is 35.9. The van der Waals surface area contributed by atoms with Gasteiger partial charge in [-0.05, 0) is 123 Å². The lowest BCUT2D eigenvalue weighted by Crippen LogP contribution is -2.40. The van der Waals surface area contributed by atoms with E-state index in [1.807, 2.05) is 0 Å². The van der Waals surface area contributed by atoms with Crippen LogP contribution in [-0.2, 0) is 0 Å². The summed E-state index contributed by atoms with van der Waals surface area (Å²) in [5.74, 6) is 5.89. The van der Waals surface area contributed by atoms with Gasteiger partial charge in [0.2, 0.25) is 0 Å². The summed E-state index contributed by atoms with van der Waals surface area (Å²) in [5, 5.41) is 0. The molecule has 0 amide bonds. The van der Waals surface area contributed by atoms with Crippen molar-refractivity contribution in [3.05, 3.63) is 109 Å². The molecule has 4 aromatic carbocycles. The predicted molar refractivity (Wildman–Crippen MR) is 201 cm³/mol. The van der Waals surface area contributed by atoms with Gasteiger partial charge in [-0.25, -0.2) is 0 Å². The molecule has 8 rings (SSSR count). The lowest BCUT2D eigenvalue weighted by molar-refractivity contribution is 0.407. The van der Waals surface area contributed by atoms with Gasteiger partial charge in [0.15, 0.2) is 11.6 Å². The number of hydrogen-bond donors (Lipinski definition) is 0. The van der Waals surface area contributed by atoms with Crippen LogP contribution in [0.4, 0.5) is 22.7 Å². The van der Waals surface area contributed by atoms with E-state index in [2.05, 4.69) is 117 Å². The van der Waals surface area contributed by atoms with Gasteiger partial charge in [0.1, 0.15) is 23.0 Å². The van der Waals surface area contributed by atoms with E-state index in [1.54, 1.807) is 28.4 Å². The topological polar surface area (TPSA) is 49.9 Å². The summed E-state index contributed by atoms with van der Waals surface area (Å²) in [4.78, 5) is 10.6. The predicted octanol–water partition coefficient (Wildman–Crippen LogP) is 8.82. The Labute approximate surface area is 296 Å². The van der Waals surface area contributed by atoms with Gasteiger partial charge >= 0.3 is 0 Å². The minimum absolute atomic E-state index is 0.305. The van der Waals surface area contributed by atoms with Gasteiger partial charge in [-0.15, -0.1) is 0 Å². The average Bonchev–Trinajstić information content (AvgIpc) is 3.71. The highest BCUT2D eigenvalue weighted by Gasteiger charge is 2.53. The van der Waals surface area contributed by atoms with Gasteiger partial charge in [-0.3, -0.25) is 0 Å². The molecule has 4 fully saturated rings. The monoisotopic (exact) mass is 672 g/mol. The molecule has 0 radical (unpaired) electrons. The first-order valence-electron chi connectivity index (χ1n) is 18.1. The second kappa shape index (κ2) is 13.7. The Morgan fingerprint density at radius 3 is 0.720 bits per heavy atom. The van der Waals surface area contributed by atoms with Crippen LogP contribution in [0.15, 0.2) is 109 Å². The Balaban J connectivity index is 1.44. The largest absolute Gasteiger partial charge is 0.497 e. The van der Waals surface area contributed by atoms with Gasteiger partial charge in [0.05, 0.1) is 52.6 Å². The highest BCUT2D eigenvalue weighted by Crippen LogP contribution is 2.52. The molecule has 4 aliphatic rings. The number of benzene rings is 4. The number of anilines is 4. The van der Waals surface area contributed by atoms with Crippen LogP contribution < -0.4 is 38.5 Å². The van der Waals surface area contributed by atoms with Crippen molar-refractivity contribution in [3.63, 3.8) is 0 Å². The molecule has 4 unspecified atom stereocenters. The fourth-order valence-electron chi connectivity index (χ4n) is 8.91. The number of nitrogens with zero attached hydrogens (tertiary/aromatic N) is 4. The molecule has 2 aliphatic carbocycles. The molecule has 260 valence electrons. The number of ether oxygens (including phenoxy) is 4. The molecule has 2 aliphatic heterocycles. The second-order valence-corrected chi connectivity index (χ2v) is 13.8. The summed E-state index contributed by atoms with van der Waals surface area (Å²) < 4.78 is 22.6. The molecule has 4 aromatic rings. The quantitative estimate of drug-likeness (QED) is 0.184. The highest BCUT2D eigenvalue weighted by molar-refractivity contribution is 5.77. The molecule has 4 atom stereocenters. The highest BCUT2D eigenvalue weighted by atomic mass is 16.5. The maximum absolute atomic E-state index is 5.64. The lowest BCUT2D eigenvalue weighted by atomic mass is 9.90. The van der Waals surface area contributed by atoms with Crippen LogP contribution in [0.5, 0.6) is 23.0 Å². The molecule has 8 heteroatoms. The maximum atomic E-state index is 5.64. The summed E-state index contributed by atoms with van der Waals surface area (Å²) >= 11 is 0. The minimum Gasteiger partial charge on any atom is -0.497 e. The molecule has 2 saturated heterocycles. The third kappa shape index (κ3) is 5.55. The molecular weight excluding hydrogens is 624 g/mol. The Hall–Kier alpha value is -4.98. The van der Waals surface area contributed by atoms with Crippen molar-refractivity contribution in [1.29, 1.82) is 0 Å². The van der Waals surface area contributed by atoms with Crippen LogP contribution in [0.2, 0.25) is 0 Å². The van der Waals surface area contributed by atoms with Crippen LogP contribution in [0.1, 0.15) is 51.4 Å². The number of hydrogen-bond acceptors (Lipinski definition) is 8. The van der Waals surface area contributed by atoms with Gasteiger partial charge in [-0.2, -0.15) is 0 Å². The van der Waals surface area contributed by atoms with E-state index in [0.717, 1.165) is 48.7 Å². The Morgan fingerprint density at radius 2 is 0.540 bits per heavy atom. The van der Waals surface area contributed by atoms with E-state index in [0.29, 0.717) is 24.2 Å². The second-order valence-electron chi connectivity index (χ2n) is 13.8. The summed E-state index contributed by atoms with van der Waals surface area (Å²) in [7, 11) is 6.95. The van der Waals surface area contributed by atoms with Gasteiger partial charge < -0.3 is 38.5 Å². The van der Waals surface area contributed by atoms with Crippen molar-refractivity contribution in [2.24, 2.45) is 0 Å². The molecule has 2 heterocycles. The normalized spacial score (nSPS) is 23.1. The Morgan fingerprint density at radius 1 is 0.340 bits per heavy atom. The fourth-order valence-corrected chi connectivity index (χ4v) is 8.91. The third-order valence-electron chi connectivity index (χ3n) is 11.2. The molecular formula is C42H48N4O4. The van der Waals surface area contributed by atoms with Gasteiger partial charge in [-0.1, -0.05) is 25.7 Å². The van der Waals surface area contributed by atoms with E-state index in [9.17, 15) is 0 Å². The number of rotatable bonds is 8. The zero-order valence-corrected chi connectivity index (χ0v) is 29.6. The minimum atomic E-state index is 0.305. The standard InChI is InChI=1S/C42H48N4O4/c1-47-33-21-13-29(14-22-33)43-37-9-5-6-10-38(37)44(30-15-23-34(48-2)24-16-30)41(43)42-45(31-17-25-35(49-3)26-18-31)39-11-7-8-12-40(39)46(42)32-19-27-36(50-4)28-20-32/h13-28,37-40H,5-12H2,1-4H3. The Kier molecular flexibility index (Phi) is 8.85. The Bertz CT molecular complexity index is 1530. The maximum Gasteiger partial charge on any atom is 0.156 e. The van der Waals surface area contributed by atoms with E-state index in [4.69, 9.17) is 18.9 Å². The van der Waals surface area contributed by atoms with Crippen LogP contribution in [-0.4, -0.2) is 52.6 Å². The average molecular weight is 673 g/mol. The molecule has 50 heavy (non-hydrogen) atoms. The van der Waals surface area contributed by atoms with Crippen molar-refractivity contribution in [3.8, 4) is 23.0 Å². The van der Waals surface area contributed by atoms with E-state index in [-0.39, 0.29) is 0 Å². The molecule has 2 saturated carbocycles. The molecule has 0 aromatic heterocycles. The van der Waals surface area contributed by atoms with Crippen molar-refractivity contribution in [1.82, 2.24) is 0 Å².